The van der Waals surface area contributed by atoms with Gasteiger partial charge in [-0.05, 0) is 37.6 Å². The summed E-state index contributed by atoms with van der Waals surface area (Å²) in [5.41, 5.74) is 2.56. The highest BCUT2D eigenvalue weighted by molar-refractivity contribution is 6.30. The fourth-order valence-electron chi connectivity index (χ4n) is 1.99. The molecule has 1 heterocycles. The van der Waals surface area contributed by atoms with Crippen molar-refractivity contribution in [1.82, 2.24) is 5.32 Å². The summed E-state index contributed by atoms with van der Waals surface area (Å²) in [6, 6.07) is 4.28. The van der Waals surface area contributed by atoms with Crippen molar-refractivity contribution in [2.45, 2.75) is 19.4 Å². The summed E-state index contributed by atoms with van der Waals surface area (Å²) in [4.78, 5) is 0. The lowest BCUT2D eigenvalue weighted by Gasteiger charge is -2.25. The third kappa shape index (κ3) is 1.60. The normalized spacial score (nSPS) is 20.4. The first-order valence-corrected chi connectivity index (χ1v) is 5.20. The zero-order valence-corrected chi connectivity index (χ0v) is 9.19. The van der Waals surface area contributed by atoms with Gasteiger partial charge in [0.05, 0.1) is 7.11 Å². The minimum absolute atomic E-state index is 0.367. The van der Waals surface area contributed by atoms with Crippen molar-refractivity contribution in [3.05, 3.63) is 28.3 Å². The Balaban J connectivity index is 2.54. The Morgan fingerprint density at radius 3 is 3.00 bits per heavy atom. The van der Waals surface area contributed by atoms with Crippen LogP contribution in [0.1, 0.15) is 24.1 Å². The fraction of sp³-hybridized carbons (Fsp3) is 0.455. The van der Waals surface area contributed by atoms with Crippen LogP contribution >= 0.6 is 11.6 Å². The fourth-order valence-corrected chi connectivity index (χ4v) is 2.21. The first-order chi connectivity index (χ1) is 6.72. The lowest BCUT2D eigenvalue weighted by Crippen LogP contribution is -2.28. The van der Waals surface area contributed by atoms with Gasteiger partial charge in [0.15, 0.2) is 0 Å². The highest BCUT2D eigenvalue weighted by atomic mass is 35.5. The highest BCUT2D eigenvalue weighted by Crippen LogP contribution is 2.33. The van der Waals surface area contributed by atoms with Crippen LogP contribution in [0.25, 0.3) is 0 Å². The second kappa shape index (κ2) is 3.79. The largest absolute Gasteiger partial charge is 0.496 e. The maximum Gasteiger partial charge on any atom is 0.123 e. The molecule has 1 aliphatic heterocycles. The number of methoxy groups -OCH3 is 1. The predicted octanol–water partition coefficient (Wildman–Crippen LogP) is 2.56. The standard InChI is InChI=1S/C11H14ClNO/c1-7-10-5-8(12)6-11(14-2)9(10)3-4-13-7/h5-7,13H,3-4H2,1-2H3. The summed E-state index contributed by atoms with van der Waals surface area (Å²) < 4.78 is 5.33. The maximum absolute atomic E-state index is 6.02. The minimum Gasteiger partial charge on any atom is -0.496 e. The van der Waals surface area contributed by atoms with Crippen LogP contribution < -0.4 is 10.1 Å². The average molecular weight is 212 g/mol. The van der Waals surface area contributed by atoms with Crippen LogP contribution in [-0.2, 0) is 6.42 Å². The number of hydrogen-bond acceptors (Lipinski definition) is 2. The molecule has 0 saturated carbocycles. The smallest absolute Gasteiger partial charge is 0.123 e. The molecule has 1 aromatic rings. The van der Waals surface area contributed by atoms with Crippen LogP contribution in [0.5, 0.6) is 5.75 Å². The molecule has 76 valence electrons. The van der Waals surface area contributed by atoms with Gasteiger partial charge in [0.2, 0.25) is 0 Å². The lowest BCUT2D eigenvalue weighted by atomic mass is 9.94. The second-order valence-corrected chi connectivity index (χ2v) is 4.04. The first kappa shape index (κ1) is 9.81. The topological polar surface area (TPSA) is 21.3 Å². The third-order valence-electron chi connectivity index (χ3n) is 2.72. The molecule has 1 atom stereocenters. The van der Waals surface area contributed by atoms with Gasteiger partial charge in [0.25, 0.3) is 0 Å². The van der Waals surface area contributed by atoms with Crippen LogP contribution in [0.2, 0.25) is 5.02 Å². The first-order valence-electron chi connectivity index (χ1n) is 4.82. The Morgan fingerprint density at radius 1 is 1.50 bits per heavy atom. The van der Waals surface area contributed by atoms with E-state index >= 15 is 0 Å². The Bertz CT molecular complexity index is 351. The predicted molar refractivity (Wildman–Crippen MR) is 58.1 cm³/mol. The molecule has 14 heavy (non-hydrogen) atoms. The van der Waals surface area contributed by atoms with E-state index in [2.05, 4.69) is 12.2 Å². The lowest BCUT2D eigenvalue weighted by molar-refractivity contribution is 0.402. The zero-order valence-electron chi connectivity index (χ0n) is 8.43. The van der Waals surface area contributed by atoms with Gasteiger partial charge in [-0.25, -0.2) is 0 Å². The van der Waals surface area contributed by atoms with Gasteiger partial charge in [0.1, 0.15) is 5.75 Å². The zero-order chi connectivity index (χ0) is 10.1. The number of halogens is 1. The monoisotopic (exact) mass is 211 g/mol. The Labute approximate surface area is 89.2 Å². The van der Waals surface area contributed by atoms with Crippen molar-refractivity contribution < 1.29 is 4.74 Å². The molecule has 0 amide bonds. The quantitative estimate of drug-likeness (QED) is 0.771. The Morgan fingerprint density at radius 2 is 2.29 bits per heavy atom. The second-order valence-electron chi connectivity index (χ2n) is 3.60. The van der Waals surface area contributed by atoms with Crippen LogP contribution in [0.4, 0.5) is 0 Å². The van der Waals surface area contributed by atoms with Gasteiger partial charge in [0, 0.05) is 16.6 Å². The van der Waals surface area contributed by atoms with E-state index in [0.717, 1.165) is 23.7 Å². The maximum atomic E-state index is 6.02. The van der Waals surface area contributed by atoms with E-state index < -0.39 is 0 Å². The molecule has 1 N–H and O–H groups in total. The van der Waals surface area contributed by atoms with Gasteiger partial charge in [-0.2, -0.15) is 0 Å². The number of fused-ring (bicyclic) bond motifs is 1. The summed E-state index contributed by atoms with van der Waals surface area (Å²) in [7, 11) is 1.69. The Hall–Kier alpha value is -0.730. The molecule has 0 fully saturated rings. The van der Waals surface area contributed by atoms with E-state index in [1.165, 1.54) is 11.1 Å². The van der Waals surface area contributed by atoms with Gasteiger partial charge >= 0.3 is 0 Å². The van der Waals surface area contributed by atoms with Crippen molar-refractivity contribution in [2.24, 2.45) is 0 Å². The molecule has 2 rings (SSSR count). The Kier molecular flexibility index (Phi) is 2.66. The number of benzene rings is 1. The molecule has 0 spiro atoms. The van der Waals surface area contributed by atoms with Gasteiger partial charge in [-0.3, -0.25) is 0 Å². The molecule has 0 bridgehead atoms. The molecule has 0 aliphatic carbocycles. The molecule has 1 aliphatic rings. The molecule has 1 aromatic carbocycles. The van der Waals surface area contributed by atoms with Crippen molar-refractivity contribution in [2.75, 3.05) is 13.7 Å². The SMILES string of the molecule is COc1cc(Cl)cc2c1CCNC2C. The van der Waals surface area contributed by atoms with Crippen molar-refractivity contribution >= 4 is 11.6 Å². The van der Waals surface area contributed by atoms with Crippen molar-refractivity contribution in [3.8, 4) is 5.75 Å². The highest BCUT2D eigenvalue weighted by Gasteiger charge is 2.19. The molecular formula is C11H14ClNO. The summed E-state index contributed by atoms with van der Waals surface area (Å²) in [5.74, 6) is 0.917. The van der Waals surface area contributed by atoms with Gasteiger partial charge in [-0.1, -0.05) is 11.6 Å². The van der Waals surface area contributed by atoms with Crippen LogP contribution in [-0.4, -0.2) is 13.7 Å². The third-order valence-corrected chi connectivity index (χ3v) is 2.94. The van der Waals surface area contributed by atoms with E-state index in [4.69, 9.17) is 16.3 Å². The van der Waals surface area contributed by atoms with E-state index in [9.17, 15) is 0 Å². The summed E-state index contributed by atoms with van der Waals surface area (Å²) >= 11 is 6.02. The van der Waals surface area contributed by atoms with E-state index in [-0.39, 0.29) is 0 Å². The molecule has 0 aromatic heterocycles. The van der Waals surface area contributed by atoms with E-state index in [0.29, 0.717) is 6.04 Å². The molecular weight excluding hydrogens is 198 g/mol. The number of nitrogens with one attached hydrogen (secondary N) is 1. The molecule has 0 radical (unpaired) electrons. The summed E-state index contributed by atoms with van der Waals surface area (Å²) in [6.45, 7) is 3.15. The molecule has 1 unspecified atom stereocenters. The number of rotatable bonds is 1. The average Bonchev–Trinajstić information content (AvgIpc) is 2.18. The molecule has 3 heteroatoms. The molecule has 0 saturated heterocycles. The number of ether oxygens (including phenoxy) is 1. The summed E-state index contributed by atoms with van der Waals surface area (Å²) in [6.07, 6.45) is 1.01. The van der Waals surface area contributed by atoms with Crippen LogP contribution in [0.3, 0.4) is 0 Å². The number of hydrogen-bond donors (Lipinski definition) is 1. The van der Waals surface area contributed by atoms with Crippen molar-refractivity contribution in [3.63, 3.8) is 0 Å². The van der Waals surface area contributed by atoms with E-state index in [1.807, 2.05) is 12.1 Å². The van der Waals surface area contributed by atoms with Crippen LogP contribution in [0, 0.1) is 0 Å². The minimum atomic E-state index is 0.367. The van der Waals surface area contributed by atoms with E-state index in [1.54, 1.807) is 7.11 Å². The van der Waals surface area contributed by atoms with Gasteiger partial charge in [-0.15, -0.1) is 0 Å². The summed E-state index contributed by atoms with van der Waals surface area (Å²) in [5, 5.41) is 4.15. The molecule has 2 nitrogen and oxygen atoms in total. The van der Waals surface area contributed by atoms with Crippen LogP contribution in [0.15, 0.2) is 12.1 Å². The van der Waals surface area contributed by atoms with Crippen molar-refractivity contribution in [1.29, 1.82) is 0 Å². The van der Waals surface area contributed by atoms with Gasteiger partial charge < -0.3 is 10.1 Å².